The molecule has 1 atom stereocenters. The van der Waals surface area contributed by atoms with Crippen LogP contribution in [0.3, 0.4) is 0 Å². The van der Waals surface area contributed by atoms with E-state index in [-0.39, 0.29) is 15.1 Å². The Bertz CT molecular complexity index is 104. The minimum Gasteiger partial charge on any atom is -0.481 e. The van der Waals surface area contributed by atoms with Crippen LogP contribution in [-0.2, 0) is 4.79 Å². The van der Waals surface area contributed by atoms with E-state index < -0.39 is 5.97 Å². The van der Waals surface area contributed by atoms with Crippen molar-refractivity contribution in [1.29, 1.82) is 0 Å². The lowest BCUT2D eigenvalue weighted by molar-refractivity contribution is -0.137. The van der Waals surface area contributed by atoms with E-state index in [1.807, 2.05) is 0 Å². The van der Waals surface area contributed by atoms with Crippen LogP contribution < -0.4 is 0 Å². The van der Waals surface area contributed by atoms with Crippen molar-refractivity contribution in [1.82, 2.24) is 0 Å². The molecule has 0 aromatic rings. The average Bonchev–Trinajstić information content (AvgIpc) is 1.89. The molecule has 0 amide bonds. The zero-order valence-electron chi connectivity index (χ0n) is 6.76. The Morgan fingerprint density at radius 1 is 1.70 bits per heavy atom. The molecule has 0 aliphatic heterocycles. The average molecular weight is 160 g/mol. The van der Waals surface area contributed by atoms with Gasteiger partial charge in [0.2, 0.25) is 0 Å². The Labute approximate surface area is 64.5 Å². The van der Waals surface area contributed by atoms with Crippen molar-refractivity contribution in [3.05, 3.63) is 0 Å². The van der Waals surface area contributed by atoms with Gasteiger partial charge in [0.1, 0.15) is 0 Å². The number of carboxylic acid groups (broad SMARTS) is 1. The molecule has 0 saturated heterocycles. The first-order valence-electron chi connectivity index (χ1n) is 3.95. The van der Waals surface area contributed by atoms with E-state index in [2.05, 4.69) is 13.5 Å². The first-order chi connectivity index (χ1) is 4.72. The number of carbonyl (C=O) groups is 1. The lowest BCUT2D eigenvalue weighted by Crippen LogP contribution is -2.11. The molecule has 1 N–H and O–H groups in total. The molecular formula is C7H16O2Si. The monoisotopic (exact) mass is 160 g/mol. The van der Waals surface area contributed by atoms with E-state index in [1.165, 1.54) is 0 Å². The molecule has 0 bridgehead atoms. The molecule has 0 heterocycles. The number of hydrogen-bond donors (Lipinski definition) is 1. The van der Waals surface area contributed by atoms with Gasteiger partial charge in [-0.2, -0.15) is 0 Å². The second-order valence-corrected chi connectivity index (χ2v) is 4.39. The van der Waals surface area contributed by atoms with E-state index in [9.17, 15) is 4.79 Å². The highest BCUT2D eigenvalue weighted by atomic mass is 28.2. The number of hydrogen-bond acceptors (Lipinski definition) is 1. The highest BCUT2D eigenvalue weighted by Crippen LogP contribution is 2.12. The van der Waals surface area contributed by atoms with Crippen LogP contribution in [0.5, 0.6) is 0 Å². The molecule has 0 fully saturated rings. The van der Waals surface area contributed by atoms with Gasteiger partial charge in [-0.05, 0) is 6.42 Å². The molecule has 0 aromatic carbocycles. The van der Waals surface area contributed by atoms with Crippen LogP contribution in [0.1, 0.15) is 26.2 Å². The summed E-state index contributed by atoms with van der Waals surface area (Å²) in [5.41, 5.74) is 0.0277. The lowest BCUT2D eigenvalue weighted by atomic mass is 10.2. The van der Waals surface area contributed by atoms with Crippen molar-refractivity contribution in [2.24, 2.45) is 0 Å². The summed E-state index contributed by atoms with van der Waals surface area (Å²) < 4.78 is 0. The second-order valence-electron chi connectivity index (χ2n) is 2.59. The number of rotatable bonds is 5. The van der Waals surface area contributed by atoms with Gasteiger partial charge in [-0.3, -0.25) is 4.79 Å². The van der Waals surface area contributed by atoms with Crippen LogP contribution in [-0.4, -0.2) is 20.6 Å². The van der Waals surface area contributed by atoms with Crippen LogP contribution in [0.15, 0.2) is 0 Å². The molecular weight excluding hydrogens is 144 g/mol. The molecule has 2 nitrogen and oxygen atoms in total. The topological polar surface area (TPSA) is 37.3 Å². The van der Waals surface area contributed by atoms with Crippen LogP contribution >= 0.6 is 0 Å². The minimum absolute atomic E-state index is 0.0277. The SMILES string of the molecule is CCCCC([SiH2]C)C(=O)O. The Morgan fingerprint density at radius 2 is 2.30 bits per heavy atom. The summed E-state index contributed by atoms with van der Waals surface area (Å²) in [6, 6.07) is 0. The summed E-state index contributed by atoms with van der Waals surface area (Å²) in [5, 5.41) is 8.63. The number of aliphatic carboxylic acids is 1. The summed E-state index contributed by atoms with van der Waals surface area (Å²) in [6.45, 7) is 4.16. The Hall–Kier alpha value is -0.313. The quantitative estimate of drug-likeness (QED) is 0.615. The summed E-state index contributed by atoms with van der Waals surface area (Å²) in [6.07, 6.45) is 3.07. The van der Waals surface area contributed by atoms with Gasteiger partial charge < -0.3 is 5.11 Å². The van der Waals surface area contributed by atoms with E-state index in [1.54, 1.807) is 0 Å². The minimum atomic E-state index is -0.581. The van der Waals surface area contributed by atoms with Crippen LogP contribution in [0.25, 0.3) is 0 Å². The first kappa shape index (κ1) is 9.69. The smallest absolute Gasteiger partial charge is 0.303 e. The standard InChI is InChI=1S/C7H16O2Si/c1-3-4-5-6(10-2)7(8)9/h6H,3-5,10H2,1-2H3,(H,8,9). The molecule has 0 aliphatic carbocycles. The molecule has 1 unspecified atom stereocenters. The normalized spacial score (nSPS) is 14.2. The third-order valence-electron chi connectivity index (χ3n) is 1.75. The van der Waals surface area contributed by atoms with Gasteiger partial charge in [0.05, 0.1) is 0 Å². The predicted octanol–water partition coefficient (Wildman–Crippen LogP) is 1.27. The first-order valence-corrected chi connectivity index (χ1v) is 6.18. The third kappa shape index (κ3) is 3.66. The largest absolute Gasteiger partial charge is 0.481 e. The summed E-state index contributed by atoms with van der Waals surface area (Å²) in [7, 11) is -0.339. The van der Waals surface area contributed by atoms with Gasteiger partial charge in [0, 0.05) is 15.1 Å². The number of unbranched alkanes of at least 4 members (excludes halogenated alkanes) is 1. The fourth-order valence-electron chi connectivity index (χ4n) is 0.953. The van der Waals surface area contributed by atoms with Crippen LogP contribution in [0, 0.1) is 0 Å². The molecule has 0 aromatic heterocycles. The Kier molecular flexibility index (Phi) is 5.30. The van der Waals surface area contributed by atoms with Crippen LogP contribution in [0.4, 0.5) is 0 Å². The van der Waals surface area contributed by atoms with Crippen molar-refractivity contribution in [3.63, 3.8) is 0 Å². The maximum Gasteiger partial charge on any atom is 0.303 e. The molecule has 0 saturated carbocycles. The van der Waals surface area contributed by atoms with E-state index >= 15 is 0 Å². The van der Waals surface area contributed by atoms with Crippen molar-refractivity contribution in [2.75, 3.05) is 0 Å². The van der Waals surface area contributed by atoms with Crippen molar-refractivity contribution >= 4 is 15.5 Å². The zero-order valence-corrected chi connectivity index (χ0v) is 8.18. The predicted molar refractivity (Wildman–Crippen MR) is 45.3 cm³/mol. The van der Waals surface area contributed by atoms with E-state index in [0.717, 1.165) is 19.3 Å². The molecule has 10 heavy (non-hydrogen) atoms. The molecule has 3 heteroatoms. The van der Waals surface area contributed by atoms with Gasteiger partial charge >= 0.3 is 5.97 Å². The highest BCUT2D eigenvalue weighted by Gasteiger charge is 2.13. The molecule has 0 spiro atoms. The summed E-state index contributed by atoms with van der Waals surface area (Å²) in [5.74, 6) is -0.581. The fourth-order valence-corrected chi connectivity index (χ4v) is 2.00. The van der Waals surface area contributed by atoms with Gasteiger partial charge in [0.25, 0.3) is 0 Å². The number of carboxylic acids is 1. The molecule has 60 valence electrons. The summed E-state index contributed by atoms with van der Waals surface area (Å²) >= 11 is 0. The van der Waals surface area contributed by atoms with Crippen molar-refractivity contribution in [3.8, 4) is 0 Å². The Balaban J connectivity index is 3.50. The Morgan fingerprint density at radius 3 is 2.60 bits per heavy atom. The van der Waals surface area contributed by atoms with Gasteiger partial charge in [0.15, 0.2) is 0 Å². The second kappa shape index (κ2) is 5.47. The van der Waals surface area contributed by atoms with Gasteiger partial charge in [-0.15, -0.1) is 0 Å². The molecule has 0 rings (SSSR count). The van der Waals surface area contributed by atoms with E-state index in [4.69, 9.17) is 5.11 Å². The fraction of sp³-hybridized carbons (Fsp3) is 0.857. The van der Waals surface area contributed by atoms with Crippen molar-refractivity contribution in [2.45, 2.75) is 38.3 Å². The maximum absolute atomic E-state index is 10.5. The lowest BCUT2D eigenvalue weighted by Gasteiger charge is -2.06. The summed E-state index contributed by atoms with van der Waals surface area (Å²) in [4.78, 5) is 10.5. The van der Waals surface area contributed by atoms with Gasteiger partial charge in [-0.25, -0.2) is 0 Å². The molecule has 0 radical (unpaired) electrons. The molecule has 0 aliphatic rings. The maximum atomic E-state index is 10.5. The van der Waals surface area contributed by atoms with Crippen LogP contribution in [0.2, 0.25) is 12.1 Å². The third-order valence-corrected chi connectivity index (χ3v) is 3.49. The highest BCUT2D eigenvalue weighted by molar-refractivity contribution is 6.41. The van der Waals surface area contributed by atoms with E-state index in [0.29, 0.717) is 0 Å². The zero-order chi connectivity index (χ0) is 7.98. The van der Waals surface area contributed by atoms with Crippen molar-refractivity contribution < 1.29 is 9.90 Å². The van der Waals surface area contributed by atoms with Gasteiger partial charge in [-0.1, -0.05) is 26.3 Å².